The molecule has 7 nitrogen and oxygen atoms in total. The summed E-state index contributed by atoms with van der Waals surface area (Å²) < 4.78 is 1.19. The Kier molecular flexibility index (Phi) is 3.99. The number of aromatic amines is 1. The molecule has 0 saturated heterocycles. The third kappa shape index (κ3) is 2.87. The zero-order chi connectivity index (χ0) is 19.1. The molecule has 0 aliphatic heterocycles. The Morgan fingerprint density at radius 3 is 2.44 bits per heavy atom. The second-order valence-corrected chi connectivity index (χ2v) is 6.68. The molecule has 0 aliphatic rings. The van der Waals surface area contributed by atoms with Crippen molar-refractivity contribution < 1.29 is 0 Å². The number of H-pyrrole nitrogens is 1. The molecule has 2 aromatic heterocycles. The normalized spacial score (nSPS) is 12.4. The van der Waals surface area contributed by atoms with Gasteiger partial charge in [0.05, 0.1) is 17.1 Å². The lowest BCUT2D eigenvalue weighted by Crippen LogP contribution is -2.38. The number of nitrogens with zero attached hydrogens (tertiary/aromatic N) is 4. The van der Waals surface area contributed by atoms with Gasteiger partial charge in [-0.2, -0.15) is 0 Å². The molecule has 1 N–H and O–H groups in total. The van der Waals surface area contributed by atoms with E-state index in [0.29, 0.717) is 11.0 Å². The number of aromatic nitrogens is 4. The minimum Gasteiger partial charge on any atom is -0.378 e. The summed E-state index contributed by atoms with van der Waals surface area (Å²) in [6, 6.07) is 14.6. The van der Waals surface area contributed by atoms with E-state index in [1.165, 1.54) is 4.57 Å². The van der Waals surface area contributed by atoms with E-state index in [1.807, 2.05) is 74.4 Å². The van der Waals surface area contributed by atoms with Gasteiger partial charge in [0.2, 0.25) is 0 Å². The summed E-state index contributed by atoms with van der Waals surface area (Å²) in [7, 11) is 3.86. The fourth-order valence-corrected chi connectivity index (χ4v) is 3.16. The van der Waals surface area contributed by atoms with Gasteiger partial charge in [-0.15, -0.1) is 0 Å². The van der Waals surface area contributed by atoms with Gasteiger partial charge in [-0.1, -0.05) is 30.3 Å². The van der Waals surface area contributed by atoms with Gasteiger partial charge in [-0.25, -0.2) is 14.8 Å². The lowest BCUT2D eigenvalue weighted by atomic mass is 10.1. The maximum Gasteiger partial charge on any atom is 0.330 e. The average molecular weight is 361 g/mol. The van der Waals surface area contributed by atoms with Crippen molar-refractivity contribution in [3.63, 3.8) is 0 Å². The fraction of sp³-hybridized carbons (Fsp3) is 0.200. The first kappa shape index (κ1) is 17.0. The first-order chi connectivity index (χ1) is 13.0. The van der Waals surface area contributed by atoms with E-state index in [-0.39, 0.29) is 11.2 Å². The number of anilines is 1. The van der Waals surface area contributed by atoms with Crippen LogP contribution in [0.15, 0.2) is 58.1 Å². The van der Waals surface area contributed by atoms with E-state index in [9.17, 15) is 9.59 Å². The molecular formula is C20H19N5O2. The van der Waals surface area contributed by atoms with Crippen LogP contribution in [0.4, 0.5) is 5.69 Å². The molecule has 0 saturated carbocycles. The Morgan fingerprint density at radius 1 is 1.00 bits per heavy atom. The standard InChI is InChI=1S/C20H19N5O2/c1-12(13-7-5-4-6-8-13)25-19(26)17-18(23-20(25)27)22-16-11-14(24(2)3)9-10-15(16)21-17/h4-12H,1-3H3,(H,22,23,27). The summed E-state index contributed by atoms with van der Waals surface area (Å²) in [5, 5.41) is 0. The van der Waals surface area contributed by atoms with Crippen molar-refractivity contribution in [3.8, 4) is 0 Å². The Hall–Kier alpha value is -3.48. The highest BCUT2D eigenvalue weighted by molar-refractivity contribution is 5.86. The van der Waals surface area contributed by atoms with Crippen molar-refractivity contribution >= 4 is 27.9 Å². The predicted octanol–water partition coefficient (Wildman–Crippen LogP) is 2.31. The van der Waals surface area contributed by atoms with Gasteiger partial charge >= 0.3 is 5.69 Å². The maximum atomic E-state index is 13.0. The van der Waals surface area contributed by atoms with E-state index < -0.39 is 17.3 Å². The minimum atomic E-state index is -0.499. The van der Waals surface area contributed by atoms with E-state index in [2.05, 4.69) is 15.0 Å². The van der Waals surface area contributed by atoms with Gasteiger partial charge in [0.1, 0.15) is 0 Å². The summed E-state index contributed by atoms with van der Waals surface area (Å²) in [5.41, 5.74) is 2.47. The monoisotopic (exact) mass is 361 g/mol. The minimum absolute atomic E-state index is 0.155. The van der Waals surface area contributed by atoms with Crippen LogP contribution in [0.5, 0.6) is 0 Å². The highest BCUT2D eigenvalue weighted by atomic mass is 16.2. The van der Waals surface area contributed by atoms with Crippen molar-refractivity contribution in [2.45, 2.75) is 13.0 Å². The molecule has 4 aromatic rings. The van der Waals surface area contributed by atoms with Crippen molar-refractivity contribution in [3.05, 3.63) is 74.9 Å². The molecule has 7 heteroatoms. The first-order valence-corrected chi connectivity index (χ1v) is 8.64. The van der Waals surface area contributed by atoms with Crippen LogP contribution in [0.3, 0.4) is 0 Å². The van der Waals surface area contributed by atoms with Gasteiger partial charge in [-0.05, 0) is 30.7 Å². The summed E-state index contributed by atoms with van der Waals surface area (Å²) in [6.07, 6.45) is 0. The molecule has 0 bridgehead atoms. The second-order valence-electron chi connectivity index (χ2n) is 6.68. The summed E-state index contributed by atoms with van der Waals surface area (Å²) in [5.74, 6) is 0. The first-order valence-electron chi connectivity index (χ1n) is 8.64. The van der Waals surface area contributed by atoms with Crippen molar-refractivity contribution in [1.29, 1.82) is 0 Å². The highest BCUT2D eigenvalue weighted by Crippen LogP contribution is 2.20. The molecule has 0 aliphatic carbocycles. The van der Waals surface area contributed by atoms with E-state index >= 15 is 0 Å². The molecule has 2 aromatic carbocycles. The van der Waals surface area contributed by atoms with Crippen LogP contribution in [0.1, 0.15) is 18.5 Å². The Labute approximate surface area is 154 Å². The van der Waals surface area contributed by atoms with Crippen LogP contribution in [0.2, 0.25) is 0 Å². The summed E-state index contributed by atoms with van der Waals surface area (Å²) >= 11 is 0. The van der Waals surface area contributed by atoms with Crippen LogP contribution in [0.25, 0.3) is 22.2 Å². The van der Waals surface area contributed by atoms with E-state index in [1.54, 1.807) is 0 Å². The number of hydrogen-bond acceptors (Lipinski definition) is 5. The van der Waals surface area contributed by atoms with Gasteiger partial charge < -0.3 is 4.90 Å². The molecule has 0 spiro atoms. The zero-order valence-electron chi connectivity index (χ0n) is 15.3. The van der Waals surface area contributed by atoms with Crippen LogP contribution in [0, 0.1) is 0 Å². The maximum absolute atomic E-state index is 13.0. The number of nitrogens with one attached hydrogen (secondary N) is 1. The van der Waals surface area contributed by atoms with E-state index in [4.69, 9.17) is 0 Å². The number of fused-ring (bicyclic) bond motifs is 2. The van der Waals surface area contributed by atoms with Gasteiger partial charge in [0, 0.05) is 19.8 Å². The Balaban J connectivity index is 1.96. The predicted molar refractivity (Wildman–Crippen MR) is 107 cm³/mol. The molecule has 0 radical (unpaired) electrons. The summed E-state index contributed by atoms with van der Waals surface area (Å²) in [4.78, 5) is 39.2. The highest BCUT2D eigenvalue weighted by Gasteiger charge is 2.17. The van der Waals surface area contributed by atoms with Crippen LogP contribution in [-0.4, -0.2) is 33.6 Å². The third-order valence-electron chi connectivity index (χ3n) is 4.70. The van der Waals surface area contributed by atoms with Crippen molar-refractivity contribution in [2.24, 2.45) is 0 Å². The van der Waals surface area contributed by atoms with Crippen molar-refractivity contribution in [2.75, 3.05) is 19.0 Å². The quantitative estimate of drug-likeness (QED) is 0.566. The van der Waals surface area contributed by atoms with Crippen molar-refractivity contribution in [1.82, 2.24) is 19.5 Å². The molecule has 27 heavy (non-hydrogen) atoms. The van der Waals surface area contributed by atoms with Crippen LogP contribution >= 0.6 is 0 Å². The van der Waals surface area contributed by atoms with E-state index in [0.717, 1.165) is 11.3 Å². The molecular weight excluding hydrogens is 342 g/mol. The molecule has 0 amide bonds. The SMILES string of the molecule is CC(c1ccccc1)n1c(=O)[nH]c2nc3cc(N(C)C)ccc3nc2c1=O. The molecule has 2 heterocycles. The largest absolute Gasteiger partial charge is 0.378 e. The molecule has 1 unspecified atom stereocenters. The molecule has 1 atom stereocenters. The third-order valence-corrected chi connectivity index (χ3v) is 4.70. The second kappa shape index (κ2) is 6.35. The Morgan fingerprint density at radius 2 is 1.74 bits per heavy atom. The zero-order valence-corrected chi connectivity index (χ0v) is 15.3. The number of hydrogen-bond donors (Lipinski definition) is 1. The number of benzene rings is 2. The fourth-order valence-electron chi connectivity index (χ4n) is 3.16. The Bertz CT molecular complexity index is 1260. The molecule has 4 rings (SSSR count). The van der Waals surface area contributed by atoms with Crippen LogP contribution in [-0.2, 0) is 0 Å². The lowest BCUT2D eigenvalue weighted by Gasteiger charge is -2.15. The van der Waals surface area contributed by atoms with Gasteiger partial charge in [0.25, 0.3) is 5.56 Å². The average Bonchev–Trinajstić information content (AvgIpc) is 2.67. The van der Waals surface area contributed by atoms with Gasteiger partial charge in [-0.3, -0.25) is 14.3 Å². The smallest absolute Gasteiger partial charge is 0.330 e. The molecule has 0 fully saturated rings. The van der Waals surface area contributed by atoms with Crippen LogP contribution < -0.4 is 16.1 Å². The summed E-state index contributed by atoms with van der Waals surface area (Å²) in [6.45, 7) is 1.82. The van der Waals surface area contributed by atoms with Gasteiger partial charge in [0.15, 0.2) is 11.2 Å². The number of rotatable bonds is 3. The lowest BCUT2D eigenvalue weighted by molar-refractivity contribution is 0.583. The topological polar surface area (TPSA) is 83.9 Å². The molecule has 136 valence electrons.